The van der Waals surface area contributed by atoms with Gasteiger partial charge in [0, 0.05) is 3.92 Å². The van der Waals surface area contributed by atoms with E-state index in [1.807, 2.05) is 6.07 Å². The van der Waals surface area contributed by atoms with Crippen LogP contribution in [-0.2, 0) is 4.92 Å². The Morgan fingerprint density at radius 1 is 0.905 bits per heavy atom. The van der Waals surface area contributed by atoms with Crippen molar-refractivity contribution < 1.29 is 33.2 Å². The van der Waals surface area contributed by atoms with Gasteiger partial charge in [0.25, 0.3) is 5.91 Å². The van der Waals surface area contributed by atoms with Gasteiger partial charge in [0.1, 0.15) is 34.3 Å². The Balaban J connectivity index is -0.000000215. The van der Waals surface area contributed by atoms with E-state index in [0.717, 1.165) is 3.92 Å². The van der Waals surface area contributed by atoms with Crippen LogP contribution >= 0.6 is 82.5 Å². The molecule has 0 bridgehead atoms. The van der Waals surface area contributed by atoms with Gasteiger partial charge in [-0.1, -0.05) is 72.2 Å². The third-order valence-electron chi connectivity index (χ3n) is 3.24. The van der Waals surface area contributed by atoms with E-state index in [4.69, 9.17) is 33.3 Å². The average Bonchev–Trinajstić information content (AvgIpc) is 3.50. The molecule has 3 aromatic heterocycles. The zero-order valence-corrected chi connectivity index (χ0v) is 34.6. The fraction of sp³-hybridized carbons (Fsp3) is 0.435. The number of anilines is 3. The summed E-state index contributed by atoms with van der Waals surface area (Å²) in [5.74, 6) is -0.553. The molecule has 1 amide bonds. The van der Waals surface area contributed by atoms with Crippen LogP contribution in [0.4, 0.5) is 17.5 Å². The van der Waals surface area contributed by atoms with Crippen molar-refractivity contribution in [3.8, 4) is 6.07 Å². The van der Waals surface area contributed by atoms with Gasteiger partial charge in [-0.15, -0.1) is 0 Å². The molecule has 0 aliphatic carbocycles. The van der Waals surface area contributed by atoms with Crippen molar-refractivity contribution in [2.75, 3.05) is 17.2 Å². The van der Waals surface area contributed by atoms with Gasteiger partial charge in [0.05, 0.1) is 0 Å². The van der Waals surface area contributed by atoms with Crippen molar-refractivity contribution >= 4 is 112 Å². The fourth-order valence-electron chi connectivity index (χ4n) is 1.86. The Bertz CT molecular complexity index is 1070. The Morgan fingerprint density at radius 2 is 1.19 bits per heavy atom. The number of aromatic carboxylic acids is 1. The number of hydrogen-bond acceptors (Lipinski definition) is 12. The number of carbonyl (C=O) groups is 2. The number of nitrogen functional groups attached to an aromatic ring is 3. The number of halogens is 4. The Hall–Kier alpha value is -1.04. The van der Waals surface area contributed by atoms with Crippen LogP contribution in [0.25, 0.3) is 0 Å². The van der Waals surface area contributed by atoms with Crippen LogP contribution in [0.3, 0.4) is 0 Å². The number of carboxylic acids is 1. The quantitative estimate of drug-likeness (QED) is 0.0975. The van der Waals surface area contributed by atoms with Gasteiger partial charge < -0.3 is 48.5 Å². The zero-order chi connectivity index (χ0) is 34.2. The number of alkyl halides is 1. The first-order valence-corrected chi connectivity index (χ1v) is 26.4. The molecule has 9 N–H and O–H groups in total. The maximum atomic E-state index is 10.5. The van der Waals surface area contributed by atoms with Crippen LogP contribution in [0, 0.1) is 39.0 Å². The molecule has 0 aromatic carbocycles. The minimum atomic E-state index is -1.11. The van der Waals surface area contributed by atoms with Crippen molar-refractivity contribution in [2.24, 2.45) is 5.73 Å². The van der Waals surface area contributed by atoms with E-state index in [-0.39, 0.29) is 39.3 Å². The Labute approximate surface area is 298 Å². The Kier molecular flexibility index (Phi) is 32.7. The van der Waals surface area contributed by atoms with Gasteiger partial charge in [-0.3, -0.25) is 4.79 Å². The Morgan fingerprint density at radius 3 is 1.31 bits per heavy atom. The van der Waals surface area contributed by atoms with E-state index < -0.39 is 11.9 Å². The second kappa shape index (κ2) is 28.7. The number of aromatic nitrogens is 3. The van der Waals surface area contributed by atoms with Gasteiger partial charge in [-0.05, 0) is 20.8 Å². The molecule has 19 heteroatoms. The molecule has 3 heterocycles. The van der Waals surface area contributed by atoms with Crippen LogP contribution in [-0.4, -0.2) is 36.4 Å². The van der Waals surface area contributed by atoms with E-state index in [1.165, 1.54) is 13.3 Å². The molecule has 0 atom stereocenters. The molecule has 14 nitrogen and oxygen atoms in total. The summed E-state index contributed by atoms with van der Waals surface area (Å²) in [7, 11) is 0. The first-order chi connectivity index (χ1) is 19.4. The first kappa shape index (κ1) is 47.9. The predicted octanol–water partition coefficient (Wildman–Crippen LogP) is 7.11. The summed E-state index contributed by atoms with van der Waals surface area (Å²) in [6, 6.07) is 1.86. The van der Waals surface area contributed by atoms with Gasteiger partial charge in [-0.25, -0.2) is 4.79 Å². The number of nitrogens with zero attached hydrogens (tertiary/aromatic N) is 4. The van der Waals surface area contributed by atoms with Crippen molar-refractivity contribution in [3.63, 3.8) is 0 Å². The number of nitriles is 1. The van der Waals surface area contributed by atoms with Crippen LogP contribution in [0.2, 0.25) is 0 Å². The average molecular weight is 1080 g/mol. The van der Waals surface area contributed by atoms with E-state index in [9.17, 15) is 9.59 Å². The molecule has 0 fully saturated rings. The molecular formula is C23H38I4N8O6V-. The number of amides is 1. The third-order valence-corrected chi connectivity index (χ3v) is 3.24. The number of hydrogen-bond donors (Lipinski definition) is 5. The summed E-state index contributed by atoms with van der Waals surface area (Å²) >= 11 is 9.73. The third kappa shape index (κ3) is 24.4. The van der Waals surface area contributed by atoms with Crippen LogP contribution < -0.4 is 22.9 Å². The van der Waals surface area contributed by atoms with E-state index in [0.29, 0.717) is 17.1 Å². The molecule has 240 valence electrons. The molecule has 0 unspecified atom stereocenters. The number of aryl methyl sites for hydroxylation is 3. The van der Waals surface area contributed by atoms with E-state index in [2.05, 4.69) is 146 Å². The maximum absolute atomic E-state index is 10.5. The number of carbonyl (C=O) groups excluding carboxylic acids is 1. The van der Waals surface area contributed by atoms with E-state index >= 15 is 0 Å². The number of nitrogens with two attached hydrogens (primary N) is 4. The summed E-state index contributed by atoms with van der Waals surface area (Å²) in [4.78, 5) is 20.6. The van der Waals surface area contributed by atoms with Gasteiger partial charge >= 0.3 is 70.8 Å². The van der Waals surface area contributed by atoms with Gasteiger partial charge in [0.2, 0.25) is 0 Å². The zero-order valence-electron chi connectivity index (χ0n) is 24.5. The summed E-state index contributed by atoms with van der Waals surface area (Å²) in [6.45, 7) is 18.3. The molecule has 0 aliphatic heterocycles. The van der Waals surface area contributed by atoms with Crippen molar-refractivity contribution in [3.05, 3.63) is 40.9 Å². The number of rotatable bonds is 2. The number of primary amides is 1. The molecule has 0 saturated carbocycles. The second-order valence-electron chi connectivity index (χ2n) is 7.19. The summed E-state index contributed by atoms with van der Waals surface area (Å²) in [5.41, 5.74) is 21.0. The normalized spacial score (nSPS) is 8.81. The molecule has 3 rings (SSSR count). The standard InChI is InChI=1S/C5H7N3O2.C5H5N3O.C5H6N2O3.C3H7I.C3H8.C2H5.3HI.V/c1-2-3(5(7)9)4(6)8-10-2;1-3-4(2-6)5(7)8-9-3;1-2-3(5(8)9)4(6)7-10-2;1-3(2)4;1-3-2;1-2;;;;/h1H3,(H2,6,8)(H2,7,9);1H3,(H2,7,8);1H3,(H2,6,7)(H,8,9);3H,1-2H3;3H2,1-2H3;1H2,2H3;3*1H;/q;;;;;-1;;;;+3/p-3. The van der Waals surface area contributed by atoms with Crippen molar-refractivity contribution in [1.82, 2.24) is 15.5 Å². The monoisotopic (exact) mass is 1080 g/mol. The number of carboxylic acid groups (broad SMARTS) is 1. The molecule has 0 radical (unpaired) electrons. The second-order valence-corrected chi connectivity index (χ2v) is 45.1. The van der Waals surface area contributed by atoms with Crippen LogP contribution in [0.1, 0.15) is 84.6 Å². The molecule has 3 aromatic rings. The van der Waals surface area contributed by atoms with Crippen molar-refractivity contribution in [1.29, 1.82) is 5.26 Å². The van der Waals surface area contributed by atoms with Crippen LogP contribution in [0.5, 0.6) is 0 Å². The minimum absolute atomic E-state index is 0.0463. The molecular weight excluding hydrogens is 1040 g/mol. The summed E-state index contributed by atoms with van der Waals surface area (Å²) < 4.78 is 14.5. The van der Waals surface area contributed by atoms with Crippen molar-refractivity contribution in [2.45, 2.75) is 65.7 Å². The molecule has 0 saturated heterocycles. The van der Waals surface area contributed by atoms with Gasteiger partial charge in [0.15, 0.2) is 23.2 Å². The molecule has 42 heavy (non-hydrogen) atoms. The fourth-order valence-corrected chi connectivity index (χ4v) is 1.86. The SMILES string of the molecule is CC(C)I.CCC.Cc1onc(N)c1C#N.Cc1onc(N)c1C(=O)O.Cc1onc(N)c1C(N)=O.[CH2-]C.[I][V]([I])[I]. The van der Waals surface area contributed by atoms with Crippen LogP contribution in [0.15, 0.2) is 13.6 Å². The summed E-state index contributed by atoms with van der Waals surface area (Å²) in [5, 5.41) is 26.8. The molecule has 0 aliphatic rings. The van der Waals surface area contributed by atoms with E-state index in [1.54, 1.807) is 20.8 Å². The predicted molar refractivity (Wildman–Crippen MR) is 195 cm³/mol. The topological polar surface area (TPSA) is 260 Å². The van der Waals surface area contributed by atoms with Gasteiger partial charge in [-0.2, -0.15) is 12.2 Å². The first-order valence-electron chi connectivity index (χ1n) is 11.6. The summed E-state index contributed by atoms with van der Waals surface area (Å²) in [6.07, 6.45) is 1.25. The molecule has 0 spiro atoms.